The molecule has 8 heteroatoms. The highest BCUT2D eigenvalue weighted by molar-refractivity contribution is 14.0. The predicted octanol–water partition coefficient (Wildman–Crippen LogP) is 4.50. The first-order valence-electron chi connectivity index (χ1n) is 8.93. The van der Waals surface area contributed by atoms with E-state index >= 15 is 0 Å². The minimum Gasteiger partial charge on any atom is -0.496 e. The summed E-state index contributed by atoms with van der Waals surface area (Å²) in [6.45, 7) is 3.86. The van der Waals surface area contributed by atoms with Crippen LogP contribution >= 0.6 is 47.3 Å². The molecule has 28 heavy (non-hydrogen) atoms. The van der Waals surface area contributed by atoms with Crippen molar-refractivity contribution < 1.29 is 4.74 Å². The van der Waals surface area contributed by atoms with Gasteiger partial charge >= 0.3 is 0 Å². The second-order valence-corrected chi connectivity index (χ2v) is 7.64. The van der Waals surface area contributed by atoms with Crippen molar-refractivity contribution >= 4 is 53.3 Å². The number of hydrogen-bond acceptors (Lipinski definition) is 4. The Balaban J connectivity index is 0.00000392. The van der Waals surface area contributed by atoms with Crippen LogP contribution in [0.4, 0.5) is 0 Å². The maximum atomic E-state index is 5.81. The Kier molecular flexibility index (Phi) is 12.3. The van der Waals surface area contributed by atoms with E-state index in [2.05, 4.69) is 33.6 Å². The van der Waals surface area contributed by atoms with Gasteiger partial charge in [0.2, 0.25) is 0 Å². The van der Waals surface area contributed by atoms with E-state index in [9.17, 15) is 0 Å². The molecule has 5 nitrogen and oxygen atoms in total. The summed E-state index contributed by atoms with van der Waals surface area (Å²) in [5.74, 6) is 3.22. The molecule has 0 saturated heterocycles. The molecule has 0 spiro atoms. The average molecular weight is 535 g/mol. The predicted molar refractivity (Wildman–Crippen MR) is 131 cm³/mol. The number of nitrogens with zero attached hydrogens (tertiary/aromatic N) is 2. The maximum Gasteiger partial charge on any atom is 0.190 e. The molecular weight excluding hydrogens is 507 g/mol. The fraction of sp³-hybridized carbons (Fsp3) is 0.400. The number of para-hydroxylation sites is 1. The molecule has 1 unspecified atom stereocenters. The molecule has 0 saturated carbocycles. The number of rotatable bonds is 9. The number of benzene rings is 1. The summed E-state index contributed by atoms with van der Waals surface area (Å²) in [4.78, 5) is 9.55. The number of aliphatic imine (C=N–C) groups is 1. The van der Waals surface area contributed by atoms with Crippen LogP contribution in [-0.2, 0) is 6.42 Å². The quantitative estimate of drug-likeness (QED) is 0.163. The molecule has 0 bridgehead atoms. The number of aromatic nitrogens is 1. The van der Waals surface area contributed by atoms with E-state index in [0.29, 0.717) is 11.1 Å². The smallest absolute Gasteiger partial charge is 0.190 e. The Labute approximate surface area is 194 Å². The van der Waals surface area contributed by atoms with Crippen molar-refractivity contribution in [2.24, 2.45) is 10.9 Å². The van der Waals surface area contributed by atoms with Gasteiger partial charge in [0.15, 0.2) is 5.96 Å². The van der Waals surface area contributed by atoms with Crippen molar-refractivity contribution in [3.63, 3.8) is 0 Å². The van der Waals surface area contributed by atoms with Crippen molar-refractivity contribution in [3.05, 3.63) is 53.3 Å². The van der Waals surface area contributed by atoms with E-state index in [0.717, 1.165) is 42.5 Å². The Morgan fingerprint density at radius 2 is 2.04 bits per heavy atom. The van der Waals surface area contributed by atoms with Gasteiger partial charge in [-0.25, -0.2) is 4.98 Å². The second-order valence-electron chi connectivity index (χ2n) is 6.19. The molecule has 0 amide bonds. The lowest BCUT2D eigenvalue weighted by atomic mass is 10.2. The first-order valence-corrected chi connectivity index (χ1v) is 10.3. The largest absolute Gasteiger partial charge is 0.496 e. The molecule has 2 rings (SSSR count). The standard InChI is InChI=1S/C20H27ClN4OS.HI/c1-15(14-27-18-7-5-4-6-17(18)26-3)12-25-20(22-2)23-11-10-16-8-9-19(21)24-13-16;/h4-9,13,15H,10-12,14H2,1-3H3,(H2,22,23,25);1H. The summed E-state index contributed by atoms with van der Waals surface area (Å²) in [6, 6.07) is 11.9. The third-order valence-electron chi connectivity index (χ3n) is 3.93. The summed E-state index contributed by atoms with van der Waals surface area (Å²) in [6.07, 6.45) is 2.67. The van der Waals surface area contributed by atoms with E-state index in [1.807, 2.05) is 42.1 Å². The van der Waals surface area contributed by atoms with E-state index in [4.69, 9.17) is 16.3 Å². The van der Waals surface area contributed by atoms with E-state index in [1.165, 1.54) is 4.90 Å². The highest BCUT2D eigenvalue weighted by Gasteiger charge is 2.08. The fourth-order valence-corrected chi connectivity index (χ4v) is 3.56. The van der Waals surface area contributed by atoms with Gasteiger partial charge in [0.05, 0.1) is 7.11 Å². The maximum absolute atomic E-state index is 5.81. The number of thioether (sulfide) groups is 1. The molecule has 1 heterocycles. The summed E-state index contributed by atoms with van der Waals surface area (Å²) >= 11 is 7.62. The van der Waals surface area contributed by atoms with Crippen molar-refractivity contribution in [1.82, 2.24) is 15.6 Å². The van der Waals surface area contributed by atoms with E-state index < -0.39 is 0 Å². The molecule has 1 atom stereocenters. The minimum absolute atomic E-state index is 0. The Morgan fingerprint density at radius 3 is 2.71 bits per heavy atom. The van der Waals surface area contributed by atoms with Crippen LogP contribution < -0.4 is 15.4 Å². The molecule has 1 aromatic heterocycles. The van der Waals surface area contributed by atoms with Crippen LogP contribution in [0.2, 0.25) is 5.15 Å². The molecule has 154 valence electrons. The van der Waals surface area contributed by atoms with Crippen LogP contribution in [0.15, 0.2) is 52.5 Å². The lowest BCUT2D eigenvalue weighted by Gasteiger charge is -2.16. The Morgan fingerprint density at radius 1 is 1.25 bits per heavy atom. The summed E-state index contributed by atoms with van der Waals surface area (Å²) in [5, 5.41) is 7.24. The molecule has 0 aliphatic carbocycles. The topological polar surface area (TPSA) is 58.5 Å². The van der Waals surface area contributed by atoms with Crippen molar-refractivity contribution in [2.45, 2.75) is 18.2 Å². The summed E-state index contributed by atoms with van der Waals surface area (Å²) in [5.41, 5.74) is 1.14. The second kappa shape index (κ2) is 13.9. The summed E-state index contributed by atoms with van der Waals surface area (Å²) in [7, 11) is 3.49. The number of nitrogens with one attached hydrogen (secondary N) is 2. The zero-order valence-electron chi connectivity index (χ0n) is 16.4. The minimum atomic E-state index is 0. The fourth-order valence-electron chi connectivity index (χ4n) is 2.40. The van der Waals surface area contributed by atoms with Gasteiger partial charge in [0.1, 0.15) is 10.9 Å². The zero-order chi connectivity index (χ0) is 19.5. The van der Waals surface area contributed by atoms with Gasteiger partial charge < -0.3 is 15.4 Å². The molecule has 0 radical (unpaired) electrons. The van der Waals surface area contributed by atoms with Crippen LogP contribution in [0.3, 0.4) is 0 Å². The van der Waals surface area contributed by atoms with Gasteiger partial charge in [-0.3, -0.25) is 4.99 Å². The molecular formula is C20H28ClIN4OS. The summed E-state index contributed by atoms with van der Waals surface area (Å²) < 4.78 is 5.40. The number of hydrogen-bond donors (Lipinski definition) is 2. The number of guanidine groups is 1. The normalized spacial score (nSPS) is 12.1. The van der Waals surface area contributed by atoms with Gasteiger partial charge in [0, 0.05) is 37.0 Å². The van der Waals surface area contributed by atoms with Crippen LogP contribution in [0.25, 0.3) is 0 Å². The Bertz CT molecular complexity index is 730. The third kappa shape index (κ3) is 8.87. The highest BCUT2D eigenvalue weighted by atomic mass is 127. The van der Waals surface area contributed by atoms with Gasteiger partial charge in [0.25, 0.3) is 0 Å². The van der Waals surface area contributed by atoms with Crippen molar-refractivity contribution in [3.8, 4) is 5.75 Å². The van der Waals surface area contributed by atoms with Crippen molar-refractivity contribution in [2.75, 3.05) is 33.0 Å². The number of ether oxygens (including phenoxy) is 1. The Hall–Kier alpha value is -1.19. The third-order valence-corrected chi connectivity index (χ3v) is 5.54. The molecule has 1 aromatic carbocycles. The van der Waals surface area contributed by atoms with Gasteiger partial charge in [-0.15, -0.1) is 35.7 Å². The highest BCUT2D eigenvalue weighted by Crippen LogP contribution is 2.29. The molecule has 2 N–H and O–H groups in total. The average Bonchev–Trinajstić information content (AvgIpc) is 2.70. The lowest BCUT2D eigenvalue weighted by molar-refractivity contribution is 0.405. The van der Waals surface area contributed by atoms with Gasteiger partial charge in [-0.1, -0.05) is 36.7 Å². The lowest BCUT2D eigenvalue weighted by Crippen LogP contribution is -2.40. The molecule has 0 fully saturated rings. The molecule has 2 aromatic rings. The van der Waals surface area contributed by atoms with Crippen LogP contribution in [-0.4, -0.2) is 43.9 Å². The van der Waals surface area contributed by atoms with Crippen LogP contribution in [0, 0.1) is 5.92 Å². The zero-order valence-corrected chi connectivity index (χ0v) is 20.3. The van der Waals surface area contributed by atoms with Gasteiger partial charge in [-0.05, 0) is 36.1 Å². The van der Waals surface area contributed by atoms with E-state index in [1.54, 1.807) is 20.4 Å². The van der Waals surface area contributed by atoms with Crippen LogP contribution in [0.5, 0.6) is 5.75 Å². The molecule has 0 aliphatic heterocycles. The number of halogens is 2. The SMILES string of the molecule is CN=C(NCCc1ccc(Cl)nc1)NCC(C)CSc1ccccc1OC.I. The first-order chi connectivity index (χ1) is 13.1. The number of methoxy groups -OCH3 is 1. The van der Waals surface area contributed by atoms with Crippen LogP contribution in [0.1, 0.15) is 12.5 Å². The molecule has 0 aliphatic rings. The first kappa shape index (κ1) is 24.8. The monoisotopic (exact) mass is 534 g/mol. The van der Waals surface area contributed by atoms with Gasteiger partial charge in [-0.2, -0.15) is 0 Å². The van der Waals surface area contributed by atoms with E-state index in [-0.39, 0.29) is 24.0 Å². The number of pyridine rings is 1. The van der Waals surface area contributed by atoms with Crippen molar-refractivity contribution in [1.29, 1.82) is 0 Å².